The molecule has 1 aliphatic carbocycles. The maximum Gasteiger partial charge on any atom is 0.154 e. The van der Waals surface area contributed by atoms with Gasteiger partial charge < -0.3 is 0 Å². The lowest BCUT2D eigenvalue weighted by atomic mass is 10.1. The van der Waals surface area contributed by atoms with Crippen LogP contribution < -0.4 is 0 Å². The molecule has 1 saturated carbocycles. The van der Waals surface area contributed by atoms with Gasteiger partial charge in [-0.2, -0.15) is 16.9 Å². The van der Waals surface area contributed by atoms with Crippen molar-refractivity contribution in [2.45, 2.75) is 38.0 Å². The Hall–Kier alpha value is -1.29. The number of nitrogens with zero attached hydrogens (tertiary/aromatic N) is 3. The SMILES string of the molecule is CSCc1nc(C2CC2)nn1Cc1ccc(C)cc1. The van der Waals surface area contributed by atoms with Crippen molar-refractivity contribution < 1.29 is 0 Å². The molecule has 1 aromatic carbocycles. The Balaban J connectivity index is 1.83. The number of hydrogen-bond donors (Lipinski definition) is 0. The number of rotatable bonds is 5. The molecule has 1 fully saturated rings. The lowest BCUT2D eigenvalue weighted by Crippen LogP contribution is -2.06. The average Bonchev–Trinajstić information content (AvgIpc) is 3.18. The fraction of sp³-hybridized carbons (Fsp3) is 0.467. The lowest BCUT2D eigenvalue weighted by molar-refractivity contribution is 0.649. The van der Waals surface area contributed by atoms with Gasteiger partial charge in [0.05, 0.1) is 12.3 Å². The topological polar surface area (TPSA) is 30.7 Å². The zero-order valence-corrected chi connectivity index (χ0v) is 12.3. The minimum Gasteiger partial charge on any atom is -0.245 e. The molecule has 2 aromatic rings. The van der Waals surface area contributed by atoms with E-state index in [1.54, 1.807) is 11.8 Å². The molecule has 1 aliphatic rings. The van der Waals surface area contributed by atoms with E-state index in [1.165, 1.54) is 24.0 Å². The van der Waals surface area contributed by atoms with Crippen molar-refractivity contribution in [3.63, 3.8) is 0 Å². The fourth-order valence-corrected chi connectivity index (χ4v) is 2.61. The van der Waals surface area contributed by atoms with Crippen LogP contribution in [0, 0.1) is 6.92 Å². The van der Waals surface area contributed by atoms with E-state index in [4.69, 9.17) is 10.1 Å². The largest absolute Gasteiger partial charge is 0.245 e. The van der Waals surface area contributed by atoms with Gasteiger partial charge in [-0.15, -0.1) is 0 Å². The summed E-state index contributed by atoms with van der Waals surface area (Å²) in [5.41, 5.74) is 2.59. The molecule has 4 heteroatoms. The first-order chi connectivity index (χ1) is 9.26. The molecule has 0 bridgehead atoms. The summed E-state index contributed by atoms with van der Waals surface area (Å²) in [6.07, 6.45) is 4.63. The van der Waals surface area contributed by atoms with Crippen LogP contribution in [0.15, 0.2) is 24.3 Å². The number of hydrogen-bond acceptors (Lipinski definition) is 3. The number of benzene rings is 1. The van der Waals surface area contributed by atoms with Crippen LogP contribution >= 0.6 is 11.8 Å². The monoisotopic (exact) mass is 273 g/mol. The van der Waals surface area contributed by atoms with Crippen LogP contribution in [0.1, 0.15) is 41.5 Å². The molecule has 0 atom stereocenters. The van der Waals surface area contributed by atoms with Crippen LogP contribution in [0.2, 0.25) is 0 Å². The summed E-state index contributed by atoms with van der Waals surface area (Å²) < 4.78 is 2.08. The van der Waals surface area contributed by atoms with Crippen LogP contribution in [-0.2, 0) is 12.3 Å². The van der Waals surface area contributed by atoms with Gasteiger partial charge in [-0.1, -0.05) is 29.8 Å². The Labute approximate surface area is 118 Å². The van der Waals surface area contributed by atoms with Crippen molar-refractivity contribution in [2.75, 3.05) is 6.26 Å². The molecular weight excluding hydrogens is 254 g/mol. The van der Waals surface area contributed by atoms with Gasteiger partial charge in [0, 0.05) is 5.92 Å². The fourth-order valence-electron chi connectivity index (χ4n) is 2.14. The molecule has 0 N–H and O–H groups in total. The zero-order chi connectivity index (χ0) is 13.2. The van der Waals surface area contributed by atoms with Crippen molar-refractivity contribution >= 4 is 11.8 Å². The van der Waals surface area contributed by atoms with Crippen molar-refractivity contribution in [3.8, 4) is 0 Å². The van der Waals surface area contributed by atoms with Crippen molar-refractivity contribution in [2.24, 2.45) is 0 Å². The summed E-state index contributed by atoms with van der Waals surface area (Å²) in [5, 5.41) is 4.70. The van der Waals surface area contributed by atoms with E-state index in [2.05, 4.69) is 42.1 Å². The minimum atomic E-state index is 0.625. The number of thioether (sulfide) groups is 1. The van der Waals surface area contributed by atoms with Crippen molar-refractivity contribution in [3.05, 3.63) is 47.0 Å². The molecule has 0 saturated heterocycles. The first-order valence-electron chi connectivity index (χ1n) is 6.74. The molecule has 0 aliphatic heterocycles. The summed E-state index contributed by atoms with van der Waals surface area (Å²) >= 11 is 1.80. The first-order valence-corrected chi connectivity index (χ1v) is 8.14. The first kappa shape index (κ1) is 12.7. The van der Waals surface area contributed by atoms with Crippen LogP contribution in [0.5, 0.6) is 0 Å². The summed E-state index contributed by atoms with van der Waals surface area (Å²) in [4.78, 5) is 4.71. The van der Waals surface area contributed by atoms with Gasteiger partial charge in [0.15, 0.2) is 5.82 Å². The third-order valence-corrected chi connectivity index (χ3v) is 3.98. The van der Waals surface area contributed by atoms with Crippen molar-refractivity contribution in [1.29, 1.82) is 0 Å². The van der Waals surface area contributed by atoms with Gasteiger partial charge in [-0.05, 0) is 31.6 Å². The molecule has 3 nitrogen and oxygen atoms in total. The van der Waals surface area contributed by atoms with Gasteiger partial charge in [0.25, 0.3) is 0 Å². The maximum absolute atomic E-state index is 4.71. The Bertz CT molecular complexity index is 555. The molecule has 0 unspecified atom stereocenters. The van der Waals surface area contributed by atoms with Crippen LogP contribution in [-0.4, -0.2) is 21.0 Å². The molecule has 3 rings (SSSR count). The molecule has 0 radical (unpaired) electrons. The van der Waals surface area contributed by atoms with Gasteiger partial charge in [-0.25, -0.2) is 9.67 Å². The second-order valence-corrected chi connectivity index (χ2v) is 6.10. The molecule has 0 amide bonds. The van der Waals surface area contributed by atoms with Gasteiger partial charge in [-0.3, -0.25) is 0 Å². The maximum atomic E-state index is 4.71. The smallest absolute Gasteiger partial charge is 0.154 e. The lowest BCUT2D eigenvalue weighted by Gasteiger charge is -2.05. The highest BCUT2D eigenvalue weighted by Crippen LogP contribution is 2.38. The second kappa shape index (κ2) is 5.37. The highest BCUT2D eigenvalue weighted by atomic mass is 32.2. The predicted molar refractivity (Wildman–Crippen MR) is 79.5 cm³/mol. The predicted octanol–water partition coefficient (Wildman–Crippen LogP) is 3.38. The van der Waals surface area contributed by atoms with E-state index in [9.17, 15) is 0 Å². The number of aryl methyl sites for hydroxylation is 1. The van der Waals surface area contributed by atoms with E-state index >= 15 is 0 Å². The normalized spacial score (nSPS) is 14.8. The molecule has 19 heavy (non-hydrogen) atoms. The average molecular weight is 273 g/mol. The summed E-state index contributed by atoms with van der Waals surface area (Å²) in [7, 11) is 0. The molecule has 100 valence electrons. The van der Waals surface area contributed by atoms with E-state index in [1.807, 2.05) is 0 Å². The van der Waals surface area contributed by atoms with E-state index < -0.39 is 0 Å². The minimum absolute atomic E-state index is 0.625. The third kappa shape index (κ3) is 3.00. The molecule has 1 aromatic heterocycles. The van der Waals surface area contributed by atoms with E-state index in [0.29, 0.717) is 5.92 Å². The van der Waals surface area contributed by atoms with Gasteiger partial charge >= 0.3 is 0 Å². The van der Waals surface area contributed by atoms with Crippen LogP contribution in [0.4, 0.5) is 0 Å². The van der Waals surface area contributed by atoms with Gasteiger partial charge in [0.2, 0.25) is 0 Å². The Morgan fingerprint density at radius 1 is 1.26 bits per heavy atom. The Morgan fingerprint density at radius 3 is 2.63 bits per heavy atom. The highest BCUT2D eigenvalue weighted by Gasteiger charge is 2.28. The van der Waals surface area contributed by atoms with E-state index in [0.717, 1.165) is 23.9 Å². The molecule has 0 spiro atoms. The van der Waals surface area contributed by atoms with Crippen LogP contribution in [0.25, 0.3) is 0 Å². The quantitative estimate of drug-likeness (QED) is 0.836. The Morgan fingerprint density at radius 2 is 2.00 bits per heavy atom. The third-order valence-electron chi connectivity index (χ3n) is 3.43. The second-order valence-electron chi connectivity index (χ2n) is 5.24. The summed E-state index contributed by atoms with van der Waals surface area (Å²) in [6, 6.07) is 8.66. The van der Waals surface area contributed by atoms with Crippen LogP contribution in [0.3, 0.4) is 0 Å². The molecular formula is C15H19N3S. The van der Waals surface area contributed by atoms with Gasteiger partial charge in [0.1, 0.15) is 5.82 Å². The summed E-state index contributed by atoms with van der Waals surface area (Å²) in [6.45, 7) is 2.94. The number of aromatic nitrogens is 3. The highest BCUT2D eigenvalue weighted by molar-refractivity contribution is 7.97. The van der Waals surface area contributed by atoms with Crippen molar-refractivity contribution in [1.82, 2.24) is 14.8 Å². The zero-order valence-electron chi connectivity index (χ0n) is 11.5. The summed E-state index contributed by atoms with van der Waals surface area (Å²) in [5.74, 6) is 3.72. The molecule has 1 heterocycles. The Kier molecular flexibility index (Phi) is 3.60. The van der Waals surface area contributed by atoms with E-state index in [-0.39, 0.29) is 0 Å². The standard InChI is InChI=1S/C15H19N3S/c1-11-3-5-12(6-4-11)9-18-14(10-19-2)16-15(17-18)13-7-8-13/h3-6,13H,7-10H2,1-2H3.